The van der Waals surface area contributed by atoms with E-state index < -0.39 is 5.97 Å². The summed E-state index contributed by atoms with van der Waals surface area (Å²) < 4.78 is 5.96. The Morgan fingerprint density at radius 2 is 0.857 bits per heavy atom. The summed E-state index contributed by atoms with van der Waals surface area (Å²) in [7, 11) is 0. The van der Waals surface area contributed by atoms with Crippen molar-refractivity contribution in [1.29, 1.82) is 0 Å². The van der Waals surface area contributed by atoms with E-state index in [2.05, 4.69) is 26.0 Å². The highest BCUT2D eigenvalue weighted by molar-refractivity contribution is 5.69. The molecule has 0 aliphatic rings. The maximum atomic E-state index is 12.5. The molecule has 0 radical (unpaired) electrons. The SMILES string of the molecule is CCCCCCCC/C=C\CCCCCCCCCC(=O)OC(CCCCCC)CCCCCCCCCCC(=O)O. The average molecular weight is 593 g/mol. The van der Waals surface area contributed by atoms with E-state index in [-0.39, 0.29) is 12.1 Å². The summed E-state index contributed by atoms with van der Waals surface area (Å²) in [6.07, 6.45) is 41.0. The van der Waals surface area contributed by atoms with Crippen LogP contribution in [-0.2, 0) is 14.3 Å². The van der Waals surface area contributed by atoms with Crippen LogP contribution in [0.4, 0.5) is 0 Å². The first-order valence-corrected chi connectivity index (χ1v) is 18.7. The fourth-order valence-electron chi connectivity index (χ4n) is 5.71. The van der Waals surface area contributed by atoms with Crippen LogP contribution < -0.4 is 0 Å². The molecule has 0 aromatic rings. The topological polar surface area (TPSA) is 63.6 Å². The Hall–Kier alpha value is -1.32. The van der Waals surface area contributed by atoms with Crippen molar-refractivity contribution in [2.24, 2.45) is 0 Å². The van der Waals surface area contributed by atoms with Crippen LogP contribution in [0.2, 0.25) is 0 Å². The Bertz CT molecular complexity index is 600. The van der Waals surface area contributed by atoms with Gasteiger partial charge in [-0.05, 0) is 64.2 Å². The number of unbranched alkanes of at least 4 members (excludes halogenated alkanes) is 23. The number of hydrogen-bond donors (Lipinski definition) is 1. The van der Waals surface area contributed by atoms with Gasteiger partial charge in [-0.2, -0.15) is 0 Å². The molecule has 4 nitrogen and oxygen atoms in total. The van der Waals surface area contributed by atoms with Gasteiger partial charge >= 0.3 is 11.9 Å². The second-order valence-corrected chi connectivity index (χ2v) is 12.8. The summed E-state index contributed by atoms with van der Waals surface area (Å²) in [6.45, 7) is 4.51. The number of aliphatic carboxylic acids is 1. The first kappa shape index (κ1) is 40.7. The molecule has 0 aliphatic carbocycles. The van der Waals surface area contributed by atoms with Crippen molar-refractivity contribution in [3.63, 3.8) is 0 Å². The molecule has 0 aliphatic heterocycles. The fraction of sp³-hybridized carbons (Fsp3) is 0.895. The van der Waals surface area contributed by atoms with Gasteiger partial charge in [0.15, 0.2) is 0 Å². The Morgan fingerprint density at radius 3 is 1.31 bits per heavy atom. The number of rotatable bonds is 34. The maximum Gasteiger partial charge on any atom is 0.306 e. The molecule has 0 aromatic carbocycles. The van der Waals surface area contributed by atoms with Crippen LogP contribution in [0, 0.1) is 0 Å². The van der Waals surface area contributed by atoms with Crippen LogP contribution in [0.25, 0.3) is 0 Å². The van der Waals surface area contributed by atoms with E-state index in [1.165, 1.54) is 128 Å². The zero-order chi connectivity index (χ0) is 30.8. The average Bonchev–Trinajstić information content (AvgIpc) is 2.97. The van der Waals surface area contributed by atoms with E-state index in [0.29, 0.717) is 12.8 Å². The van der Waals surface area contributed by atoms with Crippen LogP contribution in [0.15, 0.2) is 12.2 Å². The Labute approximate surface area is 262 Å². The molecular weight excluding hydrogens is 520 g/mol. The van der Waals surface area contributed by atoms with Gasteiger partial charge in [-0.15, -0.1) is 0 Å². The number of carbonyl (C=O) groups excluding carboxylic acids is 1. The highest BCUT2D eigenvalue weighted by atomic mass is 16.5. The first-order chi connectivity index (χ1) is 20.6. The van der Waals surface area contributed by atoms with Crippen molar-refractivity contribution >= 4 is 11.9 Å². The van der Waals surface area contributed by atoms with Crippen molar-refractivity contribution in [1.82, 2.24) is 0 Å². The van der Waals surface area contributed by atoms with Gasteiger partial charge in [-0.3, -0.25) is 9.59 Å². The van der Waals surface area contributed by atoms with Gasteiger partial charge in [0.25, 0.3) is 0 Å². The predicted molar refractivity (Wildman–Crippen MR) is 181 cm³/mol. The van der Waals surface area contributed by atoms with Crippen molar-refractivity contribution in [2.45, 2.75) is 219 Å². The fourth-order valence-corrected chi connectivity index (χ4v) is 5.71. The van der Waals surface area contributed by atoms with E-state index in [1.807, 2.05) is 0 Å². The number of ether oxygens (including phenoxy) is 1. The van der Waals surface area contributed by atoms with Gasteiger partial charge in [0.2, 0.25) is 0 Å². The normalized spacial score (nSPS) is 12.2. The largest absolute Gasteiger partial charge is 0.481 e. The lowest BCUT2D eigenvalue weighted by molar-refractivity contribution is -0.150. The molecule has 0 saturated carbocycles. The third-order valence-electron chi connectivity index (χ3n) is 8.49. The molecule has 42 heavy (non-hydrogen) atoms. The lowest BCUT2D eigenvalue weighted by Crippen LogP contribution is -2.18. The summed E-state index contributed by atoms with van der Waals surface area (Å²) in [5.74, 6) is -0.664. The highest BCUT2D eigenvalue weighted by Crippen LogP contribution is 2.18. The molecular formula is C38H72O4. The second-order valence-electron chi connectivity index (χ2n) is 12.8. The van der Waals surface area contributed by atoms with Crippen LogP contribution in [-0.4, -0.2) is 23.1 Å². The van der Waals surface area contributed by atoms with Gasteiger partial charge in [0.05, 0.1) is 0 Å². The number of carboxylic acid groups (broad SMARTS) is 1. The molecule has 0 rings (SSSR count). The minimum absolute atomic E-state index is 0.0181. The number of hydrogen-bond acceptors (Lipinski definition) is 3. The van der Waals surface area contributed by atoms with Crippen molar-refractivity contribution in [3.8, 4) is 0 Å². The van der Waals surface area contributed by atoms with E-state index >= 15 is 0 Å². The van der Waals surface area contributed by atoms with E-state index in [0.717, 1.165) is 57.8 Å². The number of carboxylic acids is 1. The zero-order valence-electron chi connectivity index (χ0n) is 28.3. The van der Waals surface area contributed by atoms with Crippen molar-refractivity contribution in [2.75, 3.05) is 0 Å². The van der Waals surface area contributed by atoms with E-state index in [9.17, 15) is 9.59 Å². The van der Waals surface area contributed by atoms with Gasteiger partial charge in [0, 0.05) is 12.8 Å². The Balaban J connectivity index is 3.78. The second kappa shape index (κ2) is 34.2. The Kier molecular flexibility index (Phi) is 33.1. The molecule has 0 fully saturated rings. The summed E-state index contributed by atoms with van der Waals surface area (Å²) >= 11 is 0. The first-order valence-electron chi connectivity index (χ1n) is 18.7. The lowest BCUT2D eigenvalue weighted by Gasteiger charge is -2.18. The van der Waals surface area contributed by atoms with Crippen LogP contribution in [0.5, 0.6) is 0 Å². The molecule has 0 saturated heterocycles. The highest BCUT2D eigenvalue weighted by Gasteiger charge is 2.14. The Morgan fingerprint density at radius 1 is 0.500 bits per heavy atom. The molecule has 0 bridgehead atoms. The summed E-state index contributed by atoms with van der Waals surface area (Å²) in [4.78, 5) is 23.1. The molecule has 4 heteroatoms. The number of carbonyl (C=O) groups is 2. The lowest BCUT2D eigenvalue weighted by atomic mass is 10.0. The number of esters is 1. The molecule has 1 atom stereocenters. The smallest absolute Gasteiger partial charge is 0.306 e. The minimum atomic E-state index is -0.682. The summed E-state index contributed by atoms with van der Waals surface area (Å²) in [5.41, 5.74) is 0. The van der Waals surface area contributed by atoms with Crippen molar-refractivity contribution in [3.05, 3.63) is 12.2 Å². The van der Waals surface area contributed by atoms with Crippen molar-refractivity contribution < 1.29 is 19.4 Å². The molecule has 0 amide bonds. The van der Waals surface area contributed by atoms with Crippen LogP contribution in [0.1, 0.15) is 213 Å². The molecule has 1 unspecified atom stereocenters. The maximum absolute atomic E-state index is 12.5. The quantitative estimate of drug-likeness (QED) is 0.0458. The van der Waals surface area contributed by atoms with E-state index in [4.69, 9.17) is 9.84 Å². The molecule has 0 spiro atoms. The molecule has 248 valence electrons. The third-order valence-corrected chi connectivity index (χ3v) is 8.49. The summed E-state index contributed by atoms with van der Waals surface area (Å²) in [5, 5.41) is 8.70. The van der Waals surface area contributed by atoms with Gasteiger partial charge in [0.1, 0.15) is 6.10 Å². The van der Waals surface area contributed by atoms with Crippen LogP contribution >= 0.6 is 0 Å². The van der Waals surface area contributed by atoms with Crippen LogP contribution in [0.3, 0.4) is 0 Å². The van der Waals surface area contributed by atoms with Gasteiger partial charge < -0.3 is 9.84 Å². The zero-order valence-corrected chi connectivity index (χ0v) is 28.3. The minimum Gasteiger partial charge on any atom is -0.481 e. The predicted octanol–water partition coefficient (Wildman–Crippen LogP) is 12.7. The standard InChI is InChI=1S/C38H72O4/c1-3-5-7-9-10-11-12-13-14-15-16-17-18-19-24-27-31-35-38(41)42-36(32-28-8-6-4-2)33-29-25-22-20-21-23-26-30-34-37(39)40/h13-14,36H,3-12,15-35H2,1-2H3,(H,39,40)/b14-13-. The van der Waals surface area contributed by atoms with Gasteiger partial charge in [-0.1, -0.05) is 148 Å². The molecule has 0 heterocycles. The monoisotopic (exact) mass is 593 g/mol. The molecule has 0 aromatic heterocycles. The van der Waals surface area contributed by atoms with E-state index in [1.54, 1.807) is 0 Å². The molecule has 1 N–H and O–H groups in total. The third kappa shape index (κ3) is 33.2. The number of allylic oxidation sites excluding steroid dienone is 2. The van der Waals surface area contributed by atoms with Gasteiger partial charge in [-0.25, -0.2) is 0 Å². The summed E-state index contributed by atoms with van der Waals surface area (Å²) in [6, 6.07) is 0.